The lowest BCUT2D eigenvalue weighted by Gasteiger charge is -2.15. The third kappa shape index (κ3) is 5.04. The van der Waals surface area contributed by atoms with Crippen LogP contribution in [0.5, 0.6) is 5.75 Å². The van der Waals surface area contributed by atoms with E-state index < -0.39 is 0 Å². The molecule has 0 aliphatic carbocycles. The number of carbonyl (C=O) groups excluding carboxylic acids is 1. The number of ether oxygens (including phenoxy) is 1. The van der Waals surface area contributed by atoms with Crippen molar-refractivity contribution in [2.75, 3.05) is 6.61 Å². The third-order valence-electron chi connectivity index (χ3n) is 3.00. The van der Waals surface area contributed by atoms with Crippen molar-refractivity contribution in [3.63, 3.8) is 0 Å². The standard InChI is InChI=1S/C17H18INO2/c1-12-3-9-16(10-4-12)21-11-13(2)19-17(20)14-5-7-15(18)8-6-14/h3-10,13H,11H2,1-2H3,(H,19,20)/t13-/m0/s1. The molecule has 0 spiro atoms. The zero-order chi connectivity index (χ0) is 15.2. The quantitative estimate of drug-likeness (QED) is 0.783. The van der Waals surface area contributed by atoms with Gasteiger partial charge in [-0.15, -0.1) is 0 Å². The Kier molecular flexibility index (Phi) is 5.61. The first-order valence-electron chi connectivity index (χ1n) is 6.80. The average molecular weight is 395 g/mol. The topological polar surface area (TPSA) is 38.3 Å². The van der Waals surface area contributed by atoms with Gasteiger partial charge in [0.2, 0.25) is 0 Å². The molecule has 0 saturated heterocycles. The van der Waals surface area contributed by atoms with E-state index in [2.05, 4.69) is 27.9 Å². The van der Waals surface area contributed by atoms with Crippen LogP contribution in [0.3, 0.4) is 0 Å². The van der Waals surface area contributed by atoms with Gasteiger partial charge in [0.1, 0.15) is 12.4 Å². The van der Waals surface area contributed by atoms with Crippen molar-refractivity contribution in [2.24, 2.45) is 0 Å². The number of carbonyl (C=O) groups is 1. The maximum atomic E-state index is 12.1. The predicted molar refractivity (Wildman–Crippen MR) is 92.8 cm³/mol. The van der Waals surface area contributed by atoms with Gasteiger partial charge in [-0.25, -0.2) is 0 Å². The van der Waals surface area contributed by atoms with Crippen LogP contribution in [0.2, 0.25) is 0 Å². The van der Waals surface area contributed by atoms with Crippen molar-refractivity contribution in [1.29, 1.82) is 0 Å². The van der Waals surface area contributed by atoms with Gasteiger partial charge in [-0.1, -0.05) is 17.7 Å². The summed E-state index contributed by atoms with van der Waals surface area (Å²) in [6.45, 7) is 4.41. The van der Waals surface area contributed by atoms with Crippen molar-refractivity contribution in [2.45, 2.75) is 19.9 Å². The SMILES string of the molecule is Cc1ccc(OC[C@H](C)NC(=O)c2ccc(I)cc2)cc1. The van der Waals surface area contributed by atoms with E-state index in [1.165, 1.54) is 5.56 Å². The normalized spacial score (nSPS) is 11.8. The average Bonchev–Trinajstić information content (AvgIpc) is 2.47. The summed E-state index contributed by atoms with van der Waals surface area (Å²) in [7, 11) is 0. The summed E-state index contributed by atoms with van der Waals surface area (Å²) in [6, 6.07) is 15.3. The second-order valence-electron chi connectivity index (χ2n) is 5.01. The summed E-state index contributed by atoms with van der Waals surface area (Å²) in [5.41, 5.74) is 1.86. The number of hydrogen-bond acceptors (Lipinski definition) is 2. The summed E-state index contributed by atoms with van der Waals surface area (Å²) < 4.78 is 6.77. The van der Waals surface area contributed by atoms with Gasteiger partial charge in [0.15, 0.2) is 0 Å². The number of halogens is 1. The maximum Gasteiger partial charge on any atom is 0.251 e. The van der Waals surface area contributed by atoms with Crippen LogP contribution >= 0.6 is 22.6 Å². The molecule has 0 heterocycles. The van der Waals surface area contributed by atoms with E-state index in [1.54, 1.807) is 0 Å². The van der Waals surface area contributed by atoms with E-state index in [9.17, 15) is 4.79 Å². The minimum absolute atomic E-state index is 0.0573. The third-order valence-corrected chi connectivity index (χ3v) is 3.72. The highest BCUT2D eigenvalue weighted by Gasteiger charge is 2.10. The van der Waals surface area contributed by atoms with Gasteiger partial charge >= 0.3 is 0 Å². The molecule has 0 aliphatic rings. The summed E-state index contributed by atoms with van der Waals surface area (Å²) in [5.74, 6) is 0.738. The van der Waals surface area contributed by atoms with Gasteiger partial charge in [-0.05, 0) is 72.8 Å². The van der Waals surface area contributed by atoms with Crippen LogP contribution in [0.1, 0.15) is 22.8 Å². The predicted octanol–water partition coefficient (Wildman–Crippen LogP) is 3.80. The molecule has 3 nitrogen and oxygen atoms in total. The number of nitrogens with one attached hydrogen (secondary N) is 1. The number of benzene rings is 2. The van der Waals surface area contributed by atoms with Crippen molar-refractivity contribution in [3.05, 3.63) is 63.2 Å². The number of amides is 1. The van der Waals surface area contributed by atoms with Crippen molar-refractivity contribution in [3.8, 4) is 5.75 Å². The summed E-state index contributed by atoms with van der Waals surface area (Å²) >= 11 is 2.22. The summed E-state index contributed by atoms with van der Waals surface area (Å²) in [6.07, 6.45) is 0. The van der Waals surface area contributed by atoms with E-state index in [0.29, 0.717) is 12.2 Å². The van der Waals surface area contributed by atoms with Gasteiger partial charge < -0.3 is 10.1 Å². The summed E-state index contributed by atoms with van der Waals surface area (Å²) in [5, 5.41) is 2.93. The van der Waals surface area contributed by atoms with Crippen LogP contribution in [-0.2, 0) is 0 Å². The van der Waals surface area contributed by atoms with Crippen LogP contribution in [0.15, 0.2) is 48.5 Å². The molecule has 4 heteroatoms. The van der Waals surface area contributed by atoms with E-state index in [-0.39, 0.29) is 11.9 Å². The van der Waals surface area contributed by atoms with Crippen molar-refractivity contribution < 1.29 is 9.53 Å². The molecule has 0 aromatic heterocycles. The molecule has 0 saturated carbocycles. The van der Waals surface area contributed by atoms with Crippen LogP contribution in [0.25, 0.3) is 0 Å². The second kappa shape index (κ2) is 7.45. The highest BCUT2D eigenvalue weighted by Crippen LogP contribution is 2.12. The molecule has 2 rings (SSSR count). The lowest BCUT2D eigenvalue weighted by atomic mass is 10.2. The highest BCUT2D eigenvalue weighted by molar-refractivity contribution is 14.1. The molecule has 0 bridgehead atoms. The maximum absolute atomic E-state index is 12.1. The van der Waals surface area contributed by atoms with Gasteiger partial charge in [0.05, 0.1) is 6.04 Å². The molecular weight excluding hydrogens is 377 g/mol. The van der Waals surface area contributed by atoms with Gasteiger partial charge in [0, 0.05) is 9.13 Å². The van der Waals surface area contributed by atoms with Crippen LogP contribution in [0.4, 0.5) is 0 Å². The van der Waals surface area contributed by atoms with Crippen LogP contribution < -0.4 is 10.1 Å². The lowest BCUT2D eigenvalue weighted by Crippen LogP contribution is -2.36. The Hall–Kier alpha value is -1.56. The Morgan fingerprint density at radius 2 is 1.76 bits per heavy atom. The van der Waals surface area contributed by atoms with E-state index >= 15 is 0 Å². The number of rotatable bonds is 5. The molecule has 2 aromatic carbocycles. The minimum atomic E-state index is -0.0774. The number of hydrogen-bond donors (Lipinski definition) is 1. The van der Waals surface area contributed by atoms with Crippen LogP contribution in [-0.4, -0.2) is 18.6 Å². The molecule has 1 N–H and O–H groups in total. The van der Waals surface area contributed by atoms with Gasteiger partial charge in [0.25, 0.3) is 5.91 Å². The molecule has 0 fully saturated rings. The van der Waals surface area contributed by atoms with Gasteiger partial charge in [-0.3, -0.25) is 4.79 Å². The fraction of sp³-hybridized carbons (Fsp3) is 0.235. The molecule has 21 heavy (non-hydrogen) atoms. The zero-order valence-electron chi connectivity index (χ0n) is 12.1. The zero-order valence-corrected chi connectivity index (χ0v) is 14.3. The minimum Gasteiger partial charge on any atom is -0.491 e. The second-order valence-corrected chi connectivity index (χ2v) is 6.25. The lowest BCUT2D eigenvalue weighted by molar-refractivity contribution is 0.0926. The monoisotopic (exact) mass is 395 g/mol. The van der Waals surface area contributed by atoms with Crippen molar-refractivity contribution in [1.82, 2.24) is 5.32 Å². The number of aryl methyl sites for hydroxylation is 1. The Labute approximate surface area is 138 Å². The Bertz CT molecular complexity index is 593. The molecule has 0 unspecified atom stereocenters. The van der Waals surface area contributed by atoms with Crippen LogP contribution in [0, 0.1) is 10.5 Å². The smallest absolute Gasteiger partial charge is 0.251 e. The first-order chi connectivity index (χ1) is 10.0. The van der Waals surface area contributed by atoms with E-state index in [1.807, 2.05) is 62.4 Å². The summed E-state index contributed by atoms with van der Waals surface area (Å²) in [4.78, 5) is 12.1. The first-order valence-corrected chi connectivity index (χ1v) is 7.88. The van der Waals surface area contributed by atoms with Gasteiger partial charge in [-0.2, -0.15) is 0 Å². The molecule has 1 atom stereocenters. The first kappa shape index (κ1) is 15.8. The fourth-order valence-corrected chi connectivity index (χ4v) is 2.17. The molecule has 0 aliphatic heterocycles. The molecule has 1 amide bonds. The Morgan fingerprint density at radius 1 is 1.14 bits per heavy atom. The fourth-order valence-electron chi connectivity index (χ4n) is 1.81. The molecule has 110 valence electrons. The molecule has 0 radical (unpaired) electrons. The van der Waals surface area contributed by atoms with E-state index in [0.717, 1.165) is 9.32 Å². The highest BCUT2D eigenvalue weighted by atomic mass is 127. The molecular formula is C17H18INO2. The van der Waals surface area contributed by atoms with E-state index in [4.69, 9.17) is 4.74 Å². The Morgan fingerprint density at radius 3 is 2.38 bits per heavy atom. The largest absolute Gasteiger partial charge is 0.491 e. The molecule has 2 aromatic rings. The Balaban J connectivity index is 1.83. The van der Waals surface area contributed by atoms with Crippen molar-refractivity contribution >= 4 is 28.5 Å².